The van der Waals surface area contributed by atoms with Gasteiger partial charge in [-0.2, -0.15) is 5.26 Å². The fourth-order valence-electron chi connectivity index (χ4n) is 3.74. The van der Waals surface area contributed by atoms with Crippen LogP contribution in [0.25, 0.3) is 0 Å². The van der Waals surface area contributed by atoms with Gasteiger partial charge in [-0.15, -0.1) is 0 Å². The maximum Gasteiger partial charge on any atom is 0.0624 e. The van der Waals surface area contributed by atoms with Crippen LogP contribution in [0.2, 0.25) is 0 Å². The van der Waals surface area contributed by atoms with Crippen molar-refractivity contribution in [3.05, 3.63) is 35.9 Å². The van der Waals surface area contributed by atoms with E-state index in [0.717, 1.165) is 25.0 Å². The molecule has 1 aromatic carbocycles. The molecule has 0 saturated carbocycles. The summed E-state index contributed by atoms with van der Waals surface area (Å²) in [6.07, 6.45) is 5.89. The highest BCUT2D eigenvalue weighted by molar-refractivity contribution is 5.15. The summed E-state index contributed by atoms with van der Waals surface area (Å²) in [4.78, 5) is 2.68. The van der Waals surface area contributed by atoms with Crippen LogP contribution in [0, 0.1) is 17.2 Å². The van der Waals surface area contributed by atoms with E-state index in [1.807, 2.05) is 0 Å². The first-order valence-electron chi connectivity index (χ1n) is 7.03. The molecule has 2 saturated heterocycles. The van der Waals surface area contributed by atoms with Gasteiger partial charge in [0, 0.05) is 25.0 Å². The van der Waals surface area contributed by atoms with E-state index >= 15 is 0 Å². The standard InChI is InChI=1S/C16H20N2/c17-9-8-14-10-15-6-7-16(11-14)18(15)12-13-4-2-1-3-5-13/h1-5,14-16H,6-8,10-12H2. The van der Waals surface area contributed by atoms with Gasteiger partial charge in [0.15, 0.2) is 0 Å². The van der Waals surface area contributed by atoms with Crippen molar-refractivity contribution in [1.29, 1.82) is 5.26 Å². The van der Waals surface area contributed by atoms with Crippen molar-refractivity contribution in [2.24, 2.45) is 5.92 Å². The lowest BCUT2D eigenvalue weighted by atomic mass is 9.88. The molecule has 0 spiro atoms. The maximum absolute atomic E-state index is 8.85. The molecule has 0 N–H and O–H groups in total. The van der Waals surface area contributed by atoms with Crippen molar-refractivity contribution >= 4 is 0 Å². The van der Waals surface area contributed by atoms with E-state index in [2.05, 4.69) is 41.3 Å². The Bertz CT molecular complexity index is 420. The minimum absolute atomic E-state index is 0.652. The van der Waals surface area contributed by atoms with Gasteiger partial charge in [-0.1, -0.05) is 30.3 Å². The molecule has 2 unspecified atom stereocenters. The smallest absolute Gasteiger partial charge is 0.0624 e. The molecule has 2 fully saturated rings. The number of hydrogen-bond donors (Lipinski definition) is 0. The molecule has 3 rings (SSSR count). The molecule has 94 valence electrons. The summed E-state index contributed by atoms with van der Waals surface area (Å²) in [5.74, 6) is 0.652. The number of rotatable bonds is 3. The number of nitriles is 1. The summed E-state index contributed by atoms with van der Waals surface area (Å²) >= 11 is 0. The van der Waals surface area contributed by atoms with Crippen LogP contribution < -0.4 is 0 Å². The Labute approximate surface area is 109 Å². The zero-order valence-electron chi connectivity index (χ0n) is 10.8. The Balaban J connectivity index is 1.67. The zero-order chi connectivity index (χ0) is 12.4. The molecule has 2 bridgehead atoms. The predicted octanol–water partition coefficient (Wildman–Crippen LogP) is 3.34. The first-order chi connectivity index (χ1) is 8.86. The Morgan fingerprint density at radius 3 is 2.39 bits per heavy atom. The van der Waals surface area contributed by atoms with Crippen molar-refractivity contribution in [2.75, 3.05) is 0 Å². The number of piperidine rings is 1. The second-order valence-corrected chi connectivity index (χ2v) is 5.74. The van der Waals surface area contributed by atoms with Crippen molar-refractivity contribution in [3.63, 3.8) is 0 Å². The Morgan fingerprint density at radius 2 is 1.78 bits per heavy atom. The highest BCUT2D eigenvalue weighted by Gasteiger charge is 2.40. The van der Waals surface area contributed by atoms with Gasteiger partial charge < -0.3 is 0 Å². The zero-order valence-corrected chi connectivity index (χ0v) is 10.8. The summed E-state index contributed by atoms with van der Waals surface area (Å²) in [6, 6.07) is 14.6. The summed E-state index contributed by atoms with van der Waals surface area (Å²) in [5.41, 5.74) is 1.42. The van der Waals surface area contributed by atoms with E-state index < -0.39 is 0 Å². The van der Waals surface area contributed by atoms with Crippen LogP contribution in [0.5, 0.6) is 0 Å². The van der Waals surface area contributed by atoms with Crippen LogP contribution in [0.1, 0.15) is 37.7 Å². The van der Waals surface area contributed by atoms with Gasteiger partial charge in [0.25, 0.3) is 0 Å². The highest BCUT2D eigenvalue weighted by atomic mass is 15.2. The van der Waals surface area contributed by atoms with Crippen LogP contribution in [0.15, 0.2) is 30.3 Å². The molecule has 0 amide bonds. The van der Waals surface area contributed by atoms with E-state index in [1.54, 1.807) is 0 Å². The third kappa shape index (κ3) is 2.28. The van der Waals surface area contributed by atoms with Crippen molar-refractivity contribution in [3.8, 4) is 6.07 Å². The van der Waals surface area contributed by atoms with E-state index in [-0.39, 0.29) is 0 Å². The fourth-order valence-corrected chi connectivity index (χ4v) is 3.74. The summed E-state index contributed by atoms with van der Waals surface area (Å²) in [7, 11) is 0. The summed E-state index contributed by atoms with van der Waals surface area (Å²) in [6.45, 7) is 1.09. The normalized spacial score (nSPS) is 31.2. The Hall–Kier alpha value is -1.33. The topological polar surface area (TPSA) is 27.0 Å². The van der Waals surface area contributed by atoms with Gasteiger partial charge in [0.1, 0.15) is 0 Å². The Morgan fingerprint density at radius 1 is 1.11 bits per heavy atom. The van der Waals surface area contributed by atoms with Gasteiger partial charge in [-0.3, -0.25) is 4.90 Å². The van der Waals surface area contributed by atoms with Gasteiger partial charge in [-0.25, -0.2) is 0 Å². The second-order valence-electron chi connectivity index (χ2n) is 5.74. The van der Waals surface area contributed by atoms with Gasteiger partial charge >= 0.3 is 0 Å². The summed E-state index contributed by atoms with van der Waals surface area (Å²) < 4.78 is 0. The summed E-state index contributed by atoms with van der Waals surface area (Å²) in [5, 5.41) is 8.85. The highest BCUT2D eigenvalue weighted by Crippen LogP contribution is 2.40. The van der Waals surface area contributed by atoms with Gasteiger partial charge in [-0.05, 0) is 37.2 Å². The van der Waals surface area contributed by atoms with E-state index in [0.29, 0.717) is 5.92 Å². The van der Waals surface area contributed by atoms with E-state index in [4.69, 9.17) is 5.26 Å². The molecule has 0 aliphatic carbocycles. The molecular formula is C16H20N2. The third-order valence-electron chi connectivity index (χ3n) is 4.57. The van der Waals surface area contributed by atoms with Crippen molar-refractivity contribution < 1.29 is 0 Å². The van der Waals surface area contributed by atoms with Crippen LogP contribution in [0.3, 0.4) is 0 Å². The van der Waals surface area contributed by atoms with Gasteiger partial charge in [0.05, 0.1) is 6.07 Å². The predicted molar refractivity (Wildman–Crippen MR) is 71.7 cm³/mol. The lowest BCUT2D eigenvalue weighted by Gasteiger charge is -2.38. The largest absolute Gasteiger partial charge is 0.293 e. The number of benzene rings is 1. The third-order valence-corrected chi connectivity index (χ3v) is 4.57. The molecule has 2 atom stereocenters. The Kier molecular flexibility index (Phi) is 3.34. The SMILES string of the molecule is N#CCC1CC2CCC(C1)N2Cc1ccccc1. The van der Waals surface area contributed by atoms with Crippen molar-refractivity contribution in [2.45, 2.75) is 50.7 Å². The van der Waals surface area contributed by atoms with Gasteiger partial charge in [0.2, 0.25) is 0 Å². The maximum atomic E-state index is 8.85. The molecule has 2 nitrogen and oxygen atoms in total. The minimum atomic E-state index is 0.652. The van der Waals surface area contributed by atoms with Crippen LogP contribution >= 0.6 is 0 Å². The molecule has 2 aliphatic heterocycles. The molecule has 2 heterocycles. The number of fused-ring (bicyclic) bond motifs is 2. The molecule has 0 radical (unpaired) electrons. The van der Waals surface area contributed by atoms with Crippen LogP contribution in [-0.2, 0) is 6.54 Å². The minimum Gasteiger partial charge on any atom is -0.293 e. The lowest BCUT2D eigenvalue weighted by molar-refractivity contribution is 0.0976. The number of hydrogen-bond acceptors (Lipinski definition) is 2. The molecule has 2 heteroatoms. The average Bonchev–Trinajstić information content (AvgIpc) is 2.63. The monoisotopic (exact) mass is 240 g/mol. The molecule has 1 aromatic rings. The lowest BCUT2D eigenvalue weighted by Crippen LogP contribution is -2.42. The van der Waals surface area contributed by atoms with E-state index in [1.165, 1.54) is 31.2 Å². The van der Waals surface area contributed by atoms with E-state index in [9.17, 15) is 0 Å². The van der Waals surface area contributed by atoms with Crippen LogP contribution in [0.4, 0.5) is 0 Å². The molecule has 18 heavy (non-hydrogen) atoms. The average molecular weight is 240 g/mol. The molecular weight excluding hydrogens is 220 g/mol. The molecule has 0 aromatic heterocycles. The fraction of sp³-hybridized carbons (Fsp3) is 0.562. The first-order valence-corrected chi connectivity index (χ1v) is 7.03. The second kappa shape index (κ2) is 5.12. The van der Waals surface area contributed by atoms with Crippen molar-refractivity contribution in [1.82, 2.24) is 4.90 Å². The first kappa shape index (κ1) is 11.7. The quantitative estimate of drug-likeness (QED) is 0.810. The number of nitrogens with zero attached hydrogens (tertiary/aromatic N) is 2. The van der Waals surface area contributed by atoms with Crippen LogP contribution in [-0.4, -0.2) is 17.0 Å². The molecule has 2 aliphatic rings.